The van der Waals surface area contributed by atoms with Gasteiger partial charge in [0.15, 0.2) is 0 Å². The number of hydrogen-bond donors (Lipinski definition) is 1. The largest absolute Gasteiger partial charge is 0.494 e. The van der Waals surface area contributed by atoms with Crippen LogP contribution in [0.15, 0.2) is 24.3 Å². The van der Waals surface area contributed by atoms with Gasteiger partial charge in [0.1, 0.15) is 5.75 Å². The number of benzene rings is 1. The van der Waals surface area contributed by atoms with Crippen LogP contribution in [-0.2, 0) is 4.74 Å². The monoisotopic (exact) mass is 279 g/mol. The van der Waals surface area contributed by atoms with Crippen molar-refractivity contribution in [1.82, 2.24) is 5.32 Å². The van der Waals surface area contributed by atoms with E-state index < -0.39 is 0 Å². The topological polar surface area (TPSA) is 30.5 Å². The molecule has 0 aliphatic carbocycles. The Morgan fingerprint density at radius 1 is 1.05 bits per heavy atom. The van der Waals surface area contributed by atoms with Gasteiger partial charge in [-0.15, -0.1) is 0 Å². The van der Waals surface area contributed by atoms with E-state index >= 15 is 0 Å². The molecule has 0 saturated heterocycles. The number of ether oxygens (including phenoxy) is 2. The van der Waals surface area contributed by atoms with Gasteiger partial charge in [0.2, 0.25) is 0 Å². The van der Waals surface area contributed by atoms with Crippen molar-refractivity contribution in [3.8, 4) is 5.75 Å². The summed E-state index contributed by atoms with van der Waals surface area (Å²) in [6, 6.07) is 8.59. The highest BCUT2D eigenvalue weighted by atomic mass is 16.5. The lowest BCUT2D eigenvalue weighted by Crippen LogP contribution is -2.31. The summed E-state index contributed by atoms with van der Waals surface area (Å²) >= 11 is 0. The second kappa shape index (κ2) is 9.78. The van der Waals surface area contributed by atoms with Crippen LogP contribution in [0, 0.1) is 0 Å². The summed E-state index contributed by atoms with van der Waals surface area (Å²) in [5.41, 5.74) is 1.25. The van der Waals surface area contributed by atoms with Gasteiger partial charge >= 0.3 is 0 Å². The normalized spacial score (nSPS) is 14.0. The van der Waals surface area contributed by atoms with Gasteiger partial charge in [0.05, 0.1) is 18.8 Å². The van der Waals surface area contributed by atoms with Gasteiger partial charge in [-0.25, -0.2) is 0 Å². The summed E-state index contributed by atoms with van der Waals surface area (Å²) in [6.45, 7) is 7.88. The molecule has 0 fully saturated rings. The molecule has 2 unspecified atom stereocenters. The van der Waals surface area contributed by atoms with E-state index in [2.05, 4.69) is 38.2 Å². The van der Waals surface area contributed by atoms with Crippen LogP contribution < -0.4 is 10.1 Å². The number of hydrogen-bond acceptors (Lipinski definition) is 3. The van der Waals surface area contributed by atoms with E-state index in [4.69, 9.17) is 9.47 Å². The summed E-state index contributed by atoms with van der Waals surface area (Å²) < 4.78 is 11.5. The van der Waals surface area contributed by atoms with Gasteiger partial charge in [-0.3, -0.25) is 0 Å². The highest BCUT2D eigenvalue weighted by Gasteiger charge is 2.21. The Kier molecular flexibility index (Phi) is 8.31. The van der Waals surface area contributed by atoms with Crippen molar-refractivity contribution >= 4 is 0 Å². The first-order valence-corrected chi connectivity index (χ1v) is 7.78. The molecule has 114 valence electrons. The van der Waals surface area contributed by atoms with Gasteiger partial charge in [-0.1, -0.05) is 32.4 Å². The van der Waals surface area contributed by atoms with Crippen LogP contribution in [0.5, 0.6) is 5.75 Å². The second-order valence-electron chi connectivity index (χ2n) is 4.97. The summed E-state index contributed by atoms with van der Waals surface area (Å²) in [7, 11) is 1.99. The molecule has 1 aromatic rings. The number of rotatable bonds is 10. The fourth-order valence-corrected chi connectivity index (χ4v) is 2.40. The van der Waals surface area contributed by atoms with Crippen LogP contribution in [0.25, 0.3) is 0 Å². The molecule has 0 aliphatic rings. The molecule has 0 spiro atoms. The maximum Gasteiger partial charge on any atom is 0.119 e. The molecule has 0 amide bonds. The lowest BCUT2D eigenvalue weighted by molar-refractivity contribution is 0.0295. The molecule has 0 radical (unpaired) electrons. The van der Waals surface area contributed by atoms with Gasteiger partial charge in [-0.2, -0.15) is 0 Å². The molecule has 2 atom stereocenters. The van der Waals surface area contributed by atoms with E-state index in [9.17, 15) is 0 Å². The van der Waals surface area contributed by atoms with E-state index in [0.29, 0.717) is 0 Å². The van der Waals surface area contributed by atoms with E-state index in [-0.39, 0.29) is 12.1 Å². The van der Waals surface area contributed by atoms with Crippen molar-refractivity contribution in [3.05, 3.63) is 29.8 Å². The molecule has 1 N–H and O–H groups in total. The van der Waals surface area contributed by atoms with Gasteiger partial charge < -0.3 is 14.8 Å². The number of likely N-dealkylation sites (N-methyl/N-ethyl adjacent to an activating group) is 1. The smallest absolute Gasteiger partial charge is 0.119 e. The van der Waals surface area contributed by atoms with Crippen LogP contribution in [0.1, 0.15) is 51.6 Å². The van der Waals surface area contributed by atoms with Crippen LogP contribution >= 0.6 is 0 Å². The summed E-state index contributed by atoms with van der Waals surface area (Å²) in [5, 5.41) is 3.38. The zero-order chi connectivity index (χ0) is 14.8. The van der Waals surface area contributed by atoms with Crippen LogP contribution in [0.3, 0.4) is 0 Å². The first kappa shape index (κ1) is 17.0. The minimum absolute atomic E-state index is 0.220. The Morgan fingerprint density at radius 3 is 2.25 bits per heavy atom. The van der Waals surface area contributed by atoms with Crippen molar-refractivity contribution < 1.29 is 9.47 Å². The average Bonchev–Trinajstić information content (AvgIpc) is 2.47. The summed E-state index contributed by atoms with van der Waals surface area (Å²) in [4.78, 5) is 0. The molecule has 0 saturated carbocycles. The standard InChI is InChI=1S/C17H29NO2/c1-5-8-16(19-7-3)17(18-4)14-9-11-15(12-10-14)20-13-6-2/h9-12,16-18H,5-8,13H2,1-4H3. The summed E-state index contributed by atoms with van der Waals surface area (Å²) in [5.74, 6) is 0.939. The predicted octanol–water partition coefficient (Wildman–Crippen LogP) is 3.94. The molecule has 0 aromatic heterocycles. The van der Waals surface area contributed by atoms with E-state index in [0.717, 1.165) is 38.2 Å². The third-order valence-electron chi connectivity index (χ3n) is 3.35. The molecule has 3 heteroatoms. The van der Waals surface area contributed by atoms with Gasteiger partial charge in [0.25, 0.3) is 0 Å². The highest BCUT2D eigenvalue weighted by molar-refractivity contribution is 5.29. The fourth-order valence-electron chi connectivity index (χ4n) is 2.40. The van der Waals surface area contributed by atoms with Crippen molar-refractivity contribution in [2.45, 2.75) is 52.2 Å². The maximum atomic E-state index is 5.89. The molecule has 3 nitrogen and oxygen atoms in total. The van der Waals surface area contributed by atoms with Crippen molar-refractivity contribution in [3.63, 3.8) is 0 Å². The third-order valence-corrected chi connectivity index (χ3v) is 3.35. The minimum atomic E-state index is 0.220. The number of nitrogens with one attached hydrogen (secondary N) is 1. The van der Waals surface area contributed by atoms with Crippen molar-refractivity contribution in [2.75, 3.05) is 20.3 Å². The Bertz CT molecular complexity index is 345. The maximum absolute atomic E-state index is 5.89. The lowest BCUT2D eigenvalue weighted by atomic mass is 9.98. The summed E-state index contributed by atoms with van der Waals surface area (Å²) in [6.07, 6.45) is 3.44. The molecule has 0 aliphatic heterocycles. The lowest BCUT2D eigenvalue weighted by Gasteiger charge is -2.27. The first-order chi connectivity index (χ1) is 9.76. The molecular formula is C17H29NO2. The molecule has 1 rings (SSSR count). The Balaban J connectivity index is 2.76. The van der Waals surface area contributed by atoms with Crippen molar-refractivity contribution in [1.29, 1.82) is 0 Å². The highest BCUT2D eigenvalue weighted by Crippen LogP contribution is 2.24. The van der Waals surface area contributed by atoms with Gasteiger partial charge in [0, 0.05) is 6.61 Å². The molecule has 0 bridgehead atoms. The van der Waals surface area contributed by atoms with E-state index in [1.54, 1.807) is 0 Å². The molecule has 1 aromatic carbocycles. The zero-order valence-corrected chi connectivity index (χ0v) is 13.3. The molecule has 0 heterocycles. The Labute approximate surface area is 123 Å². The minimum Gasteiger partial charge on any atom is -0.494 e. The van der Waals surface area contributed by atoms with E-state index in [1.165, 1.54) is 5.56 Å². The SMILES string of the molecule is CCCOc1ccc(C(NC)C(CCC)OCC)cc1. The third kappa shape index (κ3) is 5.14. The second-order valence-corrected chi connectivity index (χ2v) is 4.97. The zero-order valence-electron chi connectivity index (χ0n) is 13.3. The molecule has 20 heavy (non-hydrogen) atoms. The predicted molar refractivity (Wildman–Crippen MR) is 84.4 cm³/mol. The first-order valence-electron chi connectivity index (χ1n) is 7.78. The molecular weight excluding hydrogens is 250 g/mol. The Hall–Kier alpha value is -1.06. The van der Waals surface area contributed by atoms with Crippen LogP contribution in [0.4, 0.5) is 0 Å². The van der Waals surface area contributed by atoms with Gasteiger partial charge in [-0.05, 0) is 44.5 Å². The Morgan fingerprint density at radius 2 is 1.75 bits per heavy atom. The van der Waals surface area contributed by atoms with E-state index in [1.807, 2.05) is 19.2 Å². The average molecular weight is 279 g/mol. The fraction of sp³-hybridized carbons (Fsp3) is 0.647. The quantitative estimate of drug-likeness (QED) is 0.703. The van der Waals surface area contributed by atoms with Crippen LogP contribution in [-0.4, -0.2) is 26.4 Å². The van der Waals surface area contributed by atoms with Crippen molar-refractivity contribution in [2.24, 2.45) is 0 Å². The van der Waals surface area contributed by atoms with Crippen LogP contribution in [0.2, 0.25) is 0 Å².